The predicted octanol–water partition coefficient (Wildman–Crippen LogP) is 3.44. The molecule has 0 unspecified atom stereocenters. The number of pyridine rings is 1. The van der Waals surface area contributed by atoms with E-state index in [1.54, 1.807) is 24.5 Å². The highest BCUT2D eigenvalue weighted by Crippen LogP contribution is 2.19. The van der Waals surface area contributed by atoms with E-state index in [4.69, 9.17) is 22.1 Å². The Morgan fingerprint density at radius 2 is 2.16 bits per heavy atom. The molecule has 0 aliphatic carbocycles. The average molecular weight is 342 g/mol. The van der Waals surface area contributed by atoms with Gasteiger partial charge in [0, 0.05) is 33.1 Å². The van der Waals surface area contributed by atoms with Crippen LogP contribution in [-0.4, -0.2) is 11.0 Å². The van der Waals surface area contributed by atoms with Crippen LogP contribution >= 0.6 is 27.5 Å². The van der Waals surface area contributed by atoms with E-state index >= 15 is 0 Å². The molecule has 19 heavy (non-hydrogen) atoms. The molecular formula is C13H10BrClN2O2. The van der Waals surface area contributed by atoms with Crippen LogP contribution in [-0.2, 0) is 11.3 Å². The van der Waals surface area contributed by atoms with Gasteiger partial charge in [-0.05, 0) is 40.2 Å². The number of aromatic nitrogens is 1. The Bertz CT molecular complexity index is 619. The Morgan fingerprint density at radius 1 is 1.37 bits per heavy atom. The Morgan fingerprint density at radius 3 is 2.89 bits per heavy atom. The number of hydrogen-bond acceptors (Lipinski definition) is 4. The molecule has 2 rings (SSSR count). The number of carbonyl (C=O) groups excluding carboxylic acids is 1. The monoisotopic (exact) mass is 340 g/mol. The quantitative estimate of drug-likeness (QED) is 0.686. The van der Waals surface area contributed by atoms with E-state index in [0.717, 1.165) is 10.0 Å². The van der Waals surface area contributed by atoms with Crippen molar-refractivity contribution in [2.24, 2.45) is 0 Å². The average Bonchev–Trinajstić information content (AvgIpc) is 2.39. The summed E-state index contributed by atoms with van der Waals surface area (Å²) < 4.78 is 5.99. The lowest BCUT2D eigenvalue weighted by molar-refractivity contribution is 0.0473. The van der Waals surface area contributed by atoms with Gasteiger partial charge in [0.1, 0.15) is 6.61 Å². The molecule has 1 aromatic heterocycles. The van der Waals surface area contributed by atoms with Gasteiger partial charge in [0.25, 0.3) is 0 Å². The van der Waals surface area contributed by atoms with Crippen molar-refractivity contribution >= 4 is 39.2 Å². The first-order valence-electron chi connectivity index (χ1n) is 5.38. The van der Waals surface area contributed by atoms with Crippen molar-refractivity contribution in [1.82, 2.24) is 4.98 Å². The third kappa shape index (κ3) is 3.68. The minimum absolute atomic E-state index is 0.122. The summed E-state index contributed by atoms with van der Waals surface area (Å²) >= 11 is 9.11. The van der Waals surface area contributed by atoms with Crippen molar-refractivity contribution in [3.05, 3.63) is 57.3 Å². The molecule has 0 aliphatic rings. The lowest BCUT2D eigenvalue weighted by Gasteiger charge is -2.07. The van der Waals surface area contributed by atoms with Gasteiger partial charge in [-0.2, -0.15) is 0 Å². The summed E-state index contributed by atoms with van der Waals surface area (Å²) in [6, 6.07) is 6.49. The Labute approximate surface area is 123 Å². The predicted molar refractivity (Wildman–Crippen MR) is 76.9 cm³/mol. The molecular weight excluding hydrogens is 332 g/mol. The highest BCUT2D eigenvalue weighted by molar-refractivity contribution is 9.10. The Balaban J connectivity index is 2.07. The van der Waals surface area contributed by atoms with Crippen LogP contribution in [0, 0.1) is 0 Å². The molecule has 0 saturated carbocycles. The van der Waals surface area contributed by atoms with Crippen LogP contribution in [0.15, 0.2) is 41.1 Å². The van der Waals surface area contributed by atoms with Crippen LogP contribution in [0.1, 0.15) is 15.9 Å². The van der Waals surface area contributed by atoms with Crippen LogP contribution in [0.3, 0.4) is 0 Å². The molecule has 0 saturated heterocycles. The SMILES string of the molecule is Nc1ccc(Cl)cc1C(=O)OCc1cncc(Br)c1. The Hall–Kier alpha value is -1.59. The number of rotatable bonds is 3. The van der Waals surface area contributed by atoms with Crippen molar-refractivity contribution in [2.45, 2.75) is 6.61 Å². The summed E-state index contributed by atoms with van der Waals surface area (Å²) in [6.07, 6.45) is 3.28. The smallest absolute Gasteiger partial charge is 0.340 e. The minimum atomic E-state index is -0.514. The molecule has 0 radical (unpaired) electrons. The van der Waals surface area contributed by atoms with E-state index in [0.29, 0.717) is 10.7 Å². The second kappa shape index (κ2) is 6.04. The third-order valence-corrected chi connectivity index (χ3v) is 3.04. The molecule has 0 atom stereocenters. The van der Waals surface area contributed by atoms with Gasteiger partial charge < -0.3 is 10.5 Å². The van der Waals surface area contributed by atoms with Gasteiger partial charge >= 0.3 is 5.97 Å². The van der Waals surface area contributed by atoms with Gasteiger partial charge in [-0.1, -0.05) is 11.6 Å². The van der Waals surface area contributed by atoms with Crippen LogP contribution in [0.2, 0.25) is 5.02 Å². The number of nitrogens with two attached hydrogens (primary N) is 1. The molecule has 1 aromatic carbocycles. The topological polar surface area (TPSA) is 65.2 Å². The lowest BCUT2D eigenvalue weighted by atomic mass is 10.2. The standard InChI is InChI=1S/C13H10BrClN2O2/c14-9-3-8(5-17-6-9)7-19-13(18)11-4-10(15)1-2-12(11)16/h1-6H,7,16H2. The summed E-state index contributed by atoms with van der Waals surface area (Å²) in [5.41, 5.74) is 7.08. The molecule has 4 nitrogen and oxygen atoms in total. The van der Waals surface area contributed by atoms with Crippen LogP contribution in [0.5, 0.6) is 0 Å². The molecule has 2 aromatic rings. The fourth-order valence-electron chi connectivity index (χ4n) is 1.47. The molecule has 0 aliphatic heterocycles. The van der Waals surface area contributed by atoms with E-state index in [-0.39, 0.29) is 12.2 Å². The summed E-state index contributed by atoms with van der Waals surface area (Å²) in [5, 5.41) is 0.435. The zero-order valence-electron chi connectivity index (χ0n) is 9.77. The second-order valence-electron chi connectivity index (χ2n) is 3.82. The number of nitrogen functional groups attached to an aromatic ring is 1. The van der Waals surface area contributed by atoms with Crippen LogP contribution in [0.4, 0.5) is 5.69 Å². The molecule has 6 heteroatoms. The molecule has 0 bridgehead atoms. The number of benzene rings is 1. The van der Waals surface area contributed by atoms with Gasteiger partial charge in [0.15, 0.2) is 0 Å². The maximum atomic E-state index is 11.9. The molecule has 98 valence electrons. The van der Waals surface area contributed by atoms with Crippen LogP contribution < -0.4 is 5.73 Å². The first kappa shape index (κ1) is 13.8. The molecule has 1 heterocycles. The first-order chi connectivity index (χ1) is 9.06. The molecule has 0 amide bonds. The van der Waals surface area contributed by atoms with Gasteiger partial charge in [0.05, 0.1) is 5.56 Å². The highest BCUT2D eigenvalue weighted by Gasteiger charge is 2.12. The molecule has 2 N–H and O–H groups in total. The van der Waals surface area contributed by atoms with Crippen molar-refractivity contribution in [1.29, 1.82) is 0 Å². The number of carbonyl (C=O) groups is 1. The number of nitrogens with zero attached hydrogens (tertiary/aromatic N) is 1. The number of anilines is 1. The van der Waals surface area contributed by atoms with Crippen molar-refractivity contribution < 1.29 is 9.53 Å². The maximum absolute atomic E-state index is 11.9. The summed E-state index contributed by atoms with van der Waals surface area (Å²) in [5.74, 6) is -0.514. The zero-order valence-corrected chi connectivity index (χ0v) is 12.1. The van der Waals surface area contributed by atoms with Crippen LogP contribution in [0.25, 0.3) is 0 Å². The van der Waals surface area contributed by atoms with E-state index < -0.39 is 5.97 Å². The molecule has 0 spiro atoms. The lowest BCUT2D eigenvalue weighted by Crippen LogP contribution is -2.08. The largest absolute Gasteiger partial charge is 0.457 e. The Kier molecular flexibility index (Phi) is 4.39. The van der Waals surface area contributed by atoms with E-state index in [1.807, 2.05) is 6.07 Å². The van der Waals surface area contributed by atoms with Gasteiger partial charge in [-0.15, -0.1) is 0 Å². The van der Waals surface area contributed by atoms with Gasteiger partial charge in [-0.3, -0.25) is 4.98 Å². The van der Waals surface area contributed by atoms with E-state index in [2.05, 4.69) is 20.9 Å². The number of hydrogen-bond donors (Lipinski definition) is 1. The normalized spacial score (nSPS) is 10.2. The summed E-state index contributed by atoms with van der Waals surface area (Å²) in [6.45, 7) is 0.122. The number of esters is 1. The van der Waals surface area contributed by atoms with Crippen molar-refractivity contribution in [3.63, 3.8) is 0 Å². The van der Waals surface area contributed by atoms with Crippen molar-refractivity contribution in [3.8, 4) is 0 Å². The number of halogens is 2. The zero-order chi connectivity index (χ0) is 13.8. The summed E-state index contributed by atoms with van der Waals surface area (Å²) in [4.78, 5) is 15.9. The maximum Gasteiger partial charge on any atom is 0.340 e. The van der Waals surface area contributed by atoms with Gasteiger partial charge in [-0.25, -0.2) is 4.79 Å². The second-order valence-corrected chi connectivity index (χ2v) is 5.17. The highest BCUT2D eigenvalue weighted by atomic mass is 79.9. The molecule has 0 fully saturated rings. The van der Waals surface area contributed by atoms with Crippen molar-refractivity contribution in [2.75, 3.05) is 5.73 Å². The van der Waals surface area contributed by atoms with E-state index in [1.165, 1.54) is 6.07 Å². The minimum Gasteiger partial charge on any atom is -0.457 e. The van der Waals surface area contributed by atoms with Gasteiger partial charge in [0.2, 0.25) is 0 Å². The first-order valence-corrected chi connectivity index (χ1v) is 6.55. The fraction of sp³-hybridized carbons (Fsp3) is 0.0769. The fourth-order valence-corrected chi connectivity index (χ4v) is 2.05. The third-order valence-electron chi connectivity index (χ3n) is 2.37. The van der Waals surface area contributed by atoms with E-state index in [9.17, 15) is 4.79 Å². The number of ether oxygens (including phenoxy) is 1. The summed E-state index contributed by atoms with van der Waals surface area (Å²) in [7, 11) is 0.